The first-order valence-corrected chi connectivity index (χ1v) is 10.6. The van der Waals surface area contributed by atoms with E-state index >= 15 is 0 Å². The predicted octanol–water partition coefficient (Wildman–Crippen LogP) is 3.28. The molecule has 1 amide bonds. The molecule has 1 N–H and O–H groups in total. The Kier molecular flexibility index (Phi) is 7.07. The van der Waals surface area contributed by atoms with Gasteiger partial charge in [-0.1, -0.05) is 26.0 Å². The zero-order chi connectivity index (χ0) is 20.9. The summed E-state index contributed by atoms with van der Waals surface area (Å²) in [5, 5.41) is 2.78. The van der Waals surface area contributed by atoms with Gasteiger partial charge >= 0.3 is 0 Å². The molecule has 6 nitrogen and oxygen atoms in total. The first-order valence-electron chi connectivity index (χ1n) is 9.16. The zero-order valence-corrected chi connectivity index (χ0v) is 17.8. The van der Waals surface area contributed by atoms with Crippen molar-refractivity contribution in [1.29, 1.82) is 0 Å². The lowest BCUT2D eigenvalue weighted by molar-refractivity contribution is -0.119. The van der Waals surface area contributed by atoms with Crippen molar-refractivity contribution < 1.29 is 17.9 Å². The van der Waals surface area contributed by atoms with Crippen molar-refractivity contribution in [3.63, 3.8) is 0 Å². The molecule has 28 heavy (non-hydrogen) atoms. The maximum absolute atomic E-state index is 13.4. The molecule has 0 bridgehead atoms. The molecular formula is C21H28N2O4S. The topological polar surface area (TPSA) is 75.7 Å². The average Bonchev–Trinajstić information content (AvgIpc) is 2.66. The summed E-state index contributed by atoms with van der Waals surface area (Å²) >= 11 is 0. The number of ether oxygens (including phenoxy) is 1. The summed E-state index contributed by atoms with van der Waals surface area (Å²) in [4.78, 5) is 12.6. The monoisotopic (exact) mass is 404 g/mol. The van der Waals surface area contributed by atoms with E-state index in [4.69, 9.17) is 4.74 Å². The van der Waals surface area contributed by atoms with Gasteiger partial charge in [0.15, 0.2) is 0 Å². The molecular weight excluding hydrogens is 376 g/mol. The molecule has 0 aliphatic carbocycles. The molecule has 7 heteroatoms. The summed E-state index contributed by atoms with van der Waals surface area (Å²) in [5.74, 6) is 0.532. The second-order valence-electron chi connectivity index (χ2n) is 7.18. The number of methoxy groups -OCH3 is 1. The minimum Gasteiger partial charge on any atom is -0.497 e. The van der Waals surface area contributed by atoms with Gasteiger partial charge in [-0.05, 0) is 61.2 Å². The predicted molar refractivity (Wildman–Crippen MR) is 111 cm³/mol. The number of hydrogen-bond donors (Lipinski definition) is 1. The van der Waals surface area contributed by atoms with E-state index in [9.17, 15) is 13.2 Å². The smallest absolute Gasteiger partial charge is 0.265 e. The number of nitrogens with zero attached hydrogens (tertiary/aromatic N) is 1. The number of benzene rings is 2. The molecule has 0 heterocycles. The lowest BCUT2D eigenvalue weighted by Crippen LogP contribution is -2.42. The van der Waals surface area contributed by atoms with Gasteiger partial charge in [-0.25, -0.2) is 8.42 Å². The maximum atomic E-state index is 13.4. The van der Waals surface area contributed by atoms with Crippen LogP contribution < -0.4 is 14.4 Å². The first-order chi connectivity index (χ1) is 13.1. The molecule has 0 unspecified atom stereocenters. The van der Waals surface area contributed by atoms with E-state index in [1.165, 1.54) is 0 Å². The lowest BCUT2D eigenvalue weighted by atomic mass is 10.2. The minimum absolute atomic E-state index is 0.194. The van der Waals surface area contributed by atoms with Crippen molar-refractivity contribution in [2.45, 2.75) is 32.6 Å². The summed E-state index contributed by atoms with van der Waals surface area (Å²) in [6.45, 7) is 7.74. The van der Waals surface area contributed by atoms with Crippen LogP contribution in [-0.4, -0.2) is 34.5 Å². The molecule has 2 aromatic carbocycles. The molecule has 0 spiro atoms. The van der Waals surface area contributed by atoms with Gasteiger partial charge in [0.25, 0.3) is 10.0 Å². The molecule has 0 radical (unpaired) electrons. The minimum atomic E-state index is -3.93. The largest absolute Gasteiger partial charge is 0.497 e. The summed E-state index contributed by atoms with van der Waals surface area (Å²) in [7, 11) is -2.39. The number of hydrogen-bond acceptors (Lipinski definition) is 4. The summed E-state index contributed by atoms with van der Waals surface area (Å²) in [6.07, 6.45) is 0. The fourth-order valence-corrected chi connectivity index (χ4v) is 4.41. The average molecular weight is 405 g/mol. The van der Waals surface area contributed by atoms with Crippen LogP contribution in [0.25, 0.3) is 0 Å². The molecule has 0 aliphatic rings. The van der Waals surface area contributed by atoms with E-state index in [2.05, 4.69) is 5.32 Å². The Labute approximate surface area is 167 Å². The highest BCUT2D eigenvalue weighted by molar-refractivity contribution is 7.93. The van der Waals surface area contributed by atoms with Gasteiger partial charge in [-0.3, -0.25) is 9.10 Å². The first kappa shape index (κ1) is 21.8. The van der Waals surface area contributed by atoms with E-state index in [1.807, 2.05) is 26.8 Å². The quantitative estimate of drug-likeness (QED) is 0.733. The third-order valence-corrected chi connectivity index (χ3v) is 6.18. The fraction of sp³-hybridized carbons (Fsp3) is 0.381. The molecule has 2 aromatic rings. The van der Waals surface area contributed by atoms with Crippen LogP contribution in [0.2, 0.25) is 0 Å². The Hall–Kier alpha value is -2.54. The van der Waals surface area contributed by atoms with Gasteiger partial charge in [0.2, 0.25) is 5.91 Å². The third kappa shape index (κ3) is 5.25. The molecule has 0 fully saturated rings. The molecule has 0 aliphatic heterocycles. The number of anilines is 1. The van der Waals surface area contributed by atoms with Crippen molar-refractivity contribution in [3.05, 3.63) is 53.6 Å². The molecule has 0 saturated carbocycles. The standard InChI is InChI=1S/C21H28N2O4S/c1-15(2)13-22-21(24)14-23(18-8-10-19(27-5)11-9-18)28(25,26)20-12-16(3)6-7-17(20)4/h6-12,15H,13-14H2,1-5H3,(H,22,24). The van der Waals surface area contributed by atoms with Gasteiger partial charge < -0.3 is 10.1 Å². The molecule has 2 rings (SSSR count). The lowest BCUT2D eigenvalue weighted by Gasteiger charge is -2.25. The van der Waals surface area contributed by atoms with Crippen LogP contribution in [0.5, 0.6) is 5.75 Å². The highest BCUT2D eigenvalue weighted by atomic mass is 32.2. The number of sulfonamides is 1. The highest BCUT2D eigenvalue weighted by Crippen LogP contribution is 2.27. The Morgan fingerprint density at radius 2 is 1.75 bits per heavy atom. The number of amides is 1. The molecule has 0 aromatic heterocycles. The second kappa shape index (κ2) is 9.10. The van der Waals surface area contributed by atoms with E-state index < -0.39 is 10.0 Å². The third-order valence-electron chi connectivity index (χ3n) is 4.27. The summed E-state index contributed by atoms with van der Waals surface area (Å²) in [5.41, 5.74) is 1.87. The van der Waals surface area contributed by atoms with Crippen molar-refractivity contribution >= 4 is 21.6 Å². The zero-order valence-electron chi connectivity index (χ0n) is 17.0. The number of carbonyl (C=O) groups is 1. The van der Waals surface area contributed by atoms with Crippen LogP contribution in [0.1, 0.15) is 25.0 Å². The van der Waals surface area contributed by atoms with Gasteiger partial charge in [-0.2, -0.15) is 0 Å². The van der Waals surface area contributed by atoms with Crippen molar-refractivity contribution in [3.8, 4) is 5.75 Å². The Morgan fingerprint density at radius 1 is 1.11 bits per heavy atom. The van der Waals surface area contributed by atoms with E-state index in [0.717, 1.165) is 9.87 Å². The van der Waals surface area contributed by atoms with Gasteiger partial charge in [0, 0.05) is 6.54 Å². The SMILES string of the molecule is COc1ccc(N(CC(=O)NCC(C)C)S(=O)(=O)c2cc(C)ccc2C)cc1. The van der Waals surface area contributed by atoms with Crippen LogP contribution in [0.4, 0.5) is 5.69 Å². The highest BCUT2D eigenvalue weighted by Gasteiger charge is 2.28. The Balaban J connectivity index is 2.46. The second-order valence-corrected chi connectivity index (χ2v) is 9.01. The summed E-state index contributed by atoms with van der Waals surface area (Å²) in [6, 6.07) is 11.9. The van der Waals surface area contributed by atoms with Crippen LogP contribution in [0.3, 0.4) is 0 Å². The van der Waals surface area contributed by atoms with Crippen LogP contribution >= 0.6 is 0 Å². The number of nitrogens with one attached hydrogen (secondary N) is 1. The van der Waals surface area contributed by atoms with Crippen molar-refractivity contribution in [1.82, 2.24) is 5.32 Å². The Bertz CT molecular complexity index is 922. The summed E-state index contributed by atoms with van der Waals surface area (Å²) < 4.78 is 33.2. The van der Waals surface area contributed by atoms with Gasteiger partial charge in [0.05, 0.1) is 17.7 Å². The number of carbonyl (C=O) groups excluding carboxylic acids is 1. The van der Waals surface area contributed by atoms with Gasteiger partial charge in [0.1, 0.15) is 12.3 Å². The van der Waals surface area contributed by atoms with E-state index in [1.54, 1.807) is 50.4 Å². The fourth-order valence-electron chi connectivity index (χ4n) is 2.67. The van der Waals surface area contributed by atoms with Crippen LogP contribution in [0, 0.1) is 19.8 Å². The van der Waals surface area contributed by atoms with Crippen molar-refractivity contribution in [2.75, 3.05) is 24.5 Å². The van der Waals surface area contributed by atoms with E-state index in [0.29, 0.717) is 23.5 Å². The molecule has 152 valence electrons. The van der Waals surface area contributed by atoms with Crippen LogP contribution in [-0.2, 0) is 14.8 Å². The number of aryl methyl sites for hydroxylation is 2. The molecule has 0 saturated heterocycles. The van der Waals surface area contributed by atoms with E-state index in [-0.39, 0.29) is 23.3 Å². The number of rotatable bonds is 8. The van der Waals surface area contributed by atoms with Crippen molar-refractivity contribution in [2.24, 2.45) is 5.92 Å². The van der Waals surface area contributed by atoms with Gasteiger partial charge in [-0.15, -0.1) is 0 Å². The maximum Gasteiger partial charge on any atom is 0.265 e. The Morgan fingerprint density at radius 3 is 2.32 bits per heavy atom. The molecule has 0 atom stereocenters. The van der Waals surface area contributed by atoms with Crippen LogP contribution in [0.15, 0.2) is 47.4 Å². The normalized spacial score (nSPS) is 11.4.